The van der Waals surface area contributed by atoms with Gasteiger partial charge in [0.1, 0.15) is 12.1 Å². The minimum absolute atomic E-state index is 0.0328. The van der Waals surface area contributed by atoms with Crippen molar-refractivity contribution in [2.75, 3.05) is 38.6 Å². The van der Waals surface area contributed by atoms with Crippen LogP contribution in [0.15, 0.2) is 18.5 Å². The zero-order chi connectivity index (χ0) is 15.3. The van der Waals surface area contributed by atoms with Crippen molar-refractivity contribution in [1.29, 1.82) is 0 Å². The predicted molar refractivity (Wildman–Crippen MR) is 80.6 cm³/mol. The van der Waals surface area contributed by atoms with Crippen molar-refractivity contribution in [1.82, 2.24) is 29.6 Å². The van der Waals surface area contributed by atoms with Crippen LogP contribution in [0.25, 0.3) is 5.65 Å². The fourth-order valence-electron chi connectivity index (χ4n) is 3.22. The van der Waals surface area contributed by atoms with Crippen molar-refractivity contribution < 1.29 is 4.79 Å². The number of rotatable bonds is 3. The summed E-state index contributed by atoms with van der Waals surface area (Å²) < 4.78 is 1.68. The van der Waals surface area contributed by atoms with E-state index in [0.717, 1.165) is 37.5 Å². The van der Waals surface area contributed by atoms with Crippen molar-refractivity contribution in [3.05, 3.63) is 18.5 Å². The standard InChI is InChI=1S/C14H19N7O/c1-18-6-5-11(14(18)22)19(2)10-7-20(8-10)13-4-3-12-16-15-9-21(12)17-13/h3-4,9-11H,5-8H2,1-2H3. The van der Waals surface area contributed by atoms with Crippen LogP contribution in [0.2, 0.25) is 0 Å². The van der Waals surface area contributed by atoms with Crippen molar-refractivity contribution in [2.24, 2.45) is 0 Å². The number of carbonyl (C=O) groups is 1. The lowest BCUT2D eigenvalue weighted by Crippen LogP contribution is -2.61. The van der Waals surface area contributed by atoms with E-state index in [0.29, 0.717) is 6.04 Å². The largest absolute Gasteiger partial charge is 0.352 e. The molecule has 22 heavy (non-hydrogen) atoms. The highest BCUT2D eigenvalue weighted by atomic mass is 16.2. The highest BCUT2D eigenvalue weighted by molar-refractivity contribution is 5.83. The van der Waals surface area contributed by atoms with E-state index >= 15 is 0 Å². The van der Waals surface area contributed by atoms with E-state index in [1.807, 2.05) is 24.1 Å². The van der Waals surface area contributed by atoms with Gasteiger partial charge in [-0.05, 0) is 25.6 Å². The van der Waals surface area contributed by atoms with E-state index in [-0.39, 0.29) is 11.9 Å². The Hall–Kier alpha value is -2.22. The second-order valence-corrected chi connectivity index (χ2v) is 6.11. The van der Waals surface area contributed by atoms with Crippen molar-refractivity contribution >= 4 is 17.4 Å². The quantitative estimate of drug-likeness (QED) is 0.759. The Morgan fingerprint density at radius 2 is 2.14 bits per heavy atom. The molecule has 1 atom stereocenters. The van der Waals surface area contributed by atoms with Gasteiger partial charge in [0.05, 0.1) is 6.04 Å². The summed E-state index contributed by atoms with van der Waals surface area (Å²) in [7, 11) is 3.93. The minimum Gasteiger partial charge on any atom is -0.352 e. The Labute approximate surface area is 128 Å². The van der Waals surface area contributed by atoms with Crippen LogP contribution in [0.4, 0.5) is 5.82 Å². The average molecular weight is 301 g/mol. The Bertz CT molecular complexity index is 708. The van der Waals surface area contributed by atoms with Gasteiger partial charge in [-0.3, -0.25) is 9.69 Å². The molecule has 2 aliphatic heterocycles. The number of amides is 1. The van der Waals surface area contributed by atoms with Crippen LogP contribution in [0.5, 0.6) is 0 Å². The number of nitrogens with zero attached hydrogens (tertiary/aromatic N) is 7. The molecule has 116 valence electrons. The molecule has 2 aromatic heterocycles. The number of aromatic nitrogens is 4. The minimum atomic E-state index is 0.0328. The molecule has 0 aromatic carbocycles. The third-order valence-electron chi connectivity index (χ3n) is 4.80. The van der Waals surface area contributed by atoms with Gasteiger partial charge in [-0.1, -0.05) is 0 Å². The van der Waals surface area contributed by atoms with Crippen molar-refractivity contribution in [3.8, 4) is 0 Å². The molecule has 0 radical (unpaired) electrons. The predicted octanol–water partition coefficient (Wildman–Crippen LogP) is -0.525. The molecule has 8 nitrogen and oxygen atoms in total. The smallest absolute Gasteiger partial charge is 0.239 e. The third kappa shape index (κ3) is 2.02. The SMILES string of the molecule is CN1CCC(N(C)C2CN(c3ccc4nncn4n3)C2)C1=O. The third-order valence-corrected chi connectivity index (χ3v) is 4.80. The molecule has 0 spiro atoms. The highest BCUT2D eigenvalue weighted by Crippen LogP contribution is 2.25. The van der Waals surface area contributed by atoms with Crippen LogP contribution in [0.1, 0.15) is 6.42 Å². The maximum Gasteiger partial charge on any atom is 0.239 e. The van der Waals surface area contributed by atoms with Gasteiger partial charge in [0.15, 0.2) is 5.65 Å². The number of carbonyl (C=O) groups excluding carboxylic acids is 1. The molecule has 4 heterocycles. The van der Waals surface area contributed by atoms with E-state index in [2.05, 4.69) is 32.1 Å². The lowest BCUT2D eigenvalue weighted by Gasteiger charge is -2.46. The molecule has 2 saturated heterocycles. The van der Waals surface area contributed by atoms with E-state index < -0.39 is 0 Å². The Morgan fingerprint density at radius 3 is 2.86 bits per heavy atom. The molecule has 0 bridgehead atoms. The molecule has 0 saturated carbocycles. The van der Waals surface area contributed by atoms with Crippen molar-refractivity contribution in [3.63, 3.8) is 0 Å². The Morgan fingerprint density at radius 1 is 1.32 bits per heavy atom. The first-order valence-corrected chi connectivity index (χ1v) is 7.52. The molecule has 1 unspecified atom stereocenters. The molecule has 2 aromatic rings. The summed E-state index contributed by atoms with van der Waals surface area (Å²) in [5.41, 5.74) is 0.748. The van der Waals surface area contributed by atoms with Crippen molar-refractivity contribution in [2.45, 2.75) is 18.5 Å². The number of fused-ring (bicyclic) bond motifs is 1. The van der Waals surface area contributed by atoms with E-state index in [1.54, 1.807) is 10.8 Å². The first-order chi connectivity index (χ1) is 10.6. The molecule has 8 heteroatoms. The monoisotopic (exact) mass is 301 g/mol. The van der Waals surface area contributed by atoms with E-state index in [9.17, 15) is 4.79 Å². The van der Waals surface area contributed by atoms with Gasteiger partial charge in [0.25, 0.3) is 0 Å². The summed E-state index contributed by atoms with van der Waals surface area (Å²) >= 11 is 0. The summed E-state index contributed by atoms with van der Waals surface area (Å²) in [5.74, 6) is 1.16. The number of hydrogen-bond donors (Lipinski definition) is 0. The number of anilines is 1. The number of likely N-dealkylation sites (N-methyl/N-ethyl adjacent to an activating group) is 2. The molecule has 0 aliphatic carbocycles. The first-order valence-electron chi connectivity index (χ1n) is 7.52. The normalized spacial score (nSPS) is 22.9. The molecule has 2 aliphatic rings. The zero-order valence-corrected chi connectivity index (χ0v) is 12.8. The van der Waals surface area contributed by atoms with Gasteiger partial charge < -0.3 is 9.80 Å². The molecular weight excluding hydrogens is 282 g/mol. The molecule has 1 amide bonds. The van der Waals surface area contributed by atoms with Gasteiger partial charge in [-0.15, -0.1) is 15.3 Å². The van der Waals surface area contributed by atoms with Crippen LogP contribution in [0.3, 0.4) is 0 Å². The van der Waals surface area contributed by atoms with Gasteiger partial charge >= 0.3 is 0 Å². The van der Waals surface area contributed by atoms with Crippen LogP contribution in [-0.4, -0.2) is 81.3 Å². The fourth-order valence-corrected chi connectivity index (χ4v) is 3.22. The lowest BCUT2D eigenvalue weighted by molar-refractivity contribution is -0.131. The maximum absolute atomic E-state index is 12.1. The van der Waals surface area contributed by atoms with Gasteiger partial charge in [-0.25, -0.2) is 0 Å². The van der Waals surface area contributed by atoms with Gasteiger partial charge in [0, 0.05) is 32.7 Å². The zero-order valence-electron chi connectivity index (χ0n) is 12.8. The second kappa shape index (κ2) is 4.91. The van der Waals surface area contributed by atoms with Crippen LogP contribution in [-0.2, 0) is 4.79 Å². The Kier molecular flexibility index (Phi) is 3.00. The summed E-state index contributed by atoms with van der Waals surface area (Å²) in [6, 6.07) is 4.32. The number of likely N-dealkylation sites (tertiary alicyclic amines) is 1. The topological polar surface area (TPSA) is 69.9 Å². The average Bonchev–Trinajstić information content (AvgIpc) is 3.04. The maximum atomic E-state index is 12.1. The molecule has 2 fully saturated rings. The fraction of sp³-hybridized carbons (Fsp3) is 0.571. The summed E-state index contributed by atoms with van der Waals surface area (Å²) in [6.45, 7) is 2.64. The van der Waals surface area contributed by atoms with Gasteiger partial charge in [0.2, 0.25) is 5.91 Å². The summed E-state index contributed by atoms with van der Waals surface area (Å²) in [5, 5.41) is 12.3. The molecular formula is C14H19N7O. The second-order valence-electron chi connectivity index (χ2n) is 6.11. The van der Waals surface area contributed by atoms with E-state index in [1.165, 1.54) is 0 Å². The van der Waals surface area contributed by atoms with Crippen LogP contribution < -0.4 is 4.90 Å². The first kappa shape index (κ1) is 13.4. The van der Waals surface area contributed by atoms with Crippen LogP contribution in [0, 0.1) is 0 Å². The van der Waals surface area contributed by atoms with E-state index in [4.69, 9.17) is 0 Å². The van der Waals surface area contributed by atoms with Crippen LogP contribution >= 0.6 is 0 Å². The summed E-state index contributed by atoms with van der Waals surface area (Å²) in [4.78, 5) is 18.4. The molecule has 0 N–H and O–H groups in total. The lowest BCUT2D eigenvalue weighted by atomic mass is 10.0. The van der Waals surface area contributed by atoms with Gasteiger partial charge in [-0.2, -0.15) is 4.52 Å². The highest BCUT2D eigenvalue weighted by Gasteiger charge is 2.40. The Balaban J connectivity index is 1.42. The summed E-state index contributed by atoms with van der Waals surface area (Å²) in [6.07, 6.45) is 2.53. The molecule has 4 rings (SSSR count). The number of hydrogen-bond acceptors (Lipinski definition) is 6.